The van der Waals surface area contributed by atoms with Gasteiger partial charge in [-0.2, -0.15) is 0 Å². The number of rotatable bonds is 0. The molecule has 0 aliphatic carbocycles. The lowest BCUT2D eigenvalue weighted by molar-refractivity contribution is 1.22. The largest absolute Gasteiger partial charge is 0.353 e. The average Bonchev–Trinajstić information content (AvgIpc) is 2.59. The molecule has 1 radical (unpaired) electrons. The molecule has 2 heteroatoms. The topological polar surface area (TPSA) is 28.7 Å². The second-order valence-electron chi connectivity index (χ2n) is 3.42. The molecular formula is C12H9N2. The predicted molar refractivity (Wildman–Crippen MR) is 57.2 cm³/mol. The summed E-state index contributed by atoms with van der Waals surface area (Å²) in [6, 6.07) is 11.1. The first-order valence-corrected chi connectivity index (χ1v) is 4.59. The second-order valence-corrected chi connectivity index (χ2v) is 3.42. The van der Waals surface area contributed by atoms with E-state index in [-0.39, 0.29) is 0 Å². The molecule has 0 bridgehead atoms. The third-order valence-corrected chi connectivity index (χ3v) is 2.55. The molecule has 67 valence electrons. The van der Waals surface area contributed by atoms with Crippen LogP contribution in [-0.2, 0) is 0 Å². The highest BCUT2D eigenvalue weighted by Gasteiger charge is 2.04. The van der Waals surface area contributed by atoms with Crippen LogP contribution in [-0.4, -0.2) is 9.97 Å². The van der Waals surface area contributed by atoms with Crippen LogP contribution in [0, 0.1) is 13.0 Å². The summed E-state index contributed by atoms with van der Waals surface area (Å²) in [5.41, 5.74) is 3.32. The van der Waals surface area contributed by atoms with Crippen LogP contribution in [0.1, 0.15) is 5.69 Å². The monoisotopic (exact) mass is 181 g/mol. The van der Waals surface area contributed by atoms with Gasteiger partial charge in [-0.1, -0.05) is 6.07 Å². The predicted octanol–water partition coefficient (Wildman–Crippen LogP) is 2.82. The molecule has 3 rings (SSSR count). The van der Waals surface area contributed by atoms with E-state index >= 15 is 0 Å². The molecule has 1 N–H and O–H groups in total. The summed E-state index contributed by atoms with van der Waals surface area (Å²) in [5, 5.41) is 2.44. The van der Waals surface area contributed by atoms with Crippen LogP contribution in [0.4, 0.5) is 0 Å². The van der Waals surface area contributed by atoms with E-state index in [0.29, 0.717) is 0 Å². The molecule has 0 atom stereocenters. The van der Waals surface area contributed by atoms with E-state index in [4.69, 9.17) is 0 Å². The summed E-state index contributed by atoms with van der Waals surface area (Å²) in [4.78, 5) is 7.62. The Morgan fingerprint density at radius 3 is 3.14 bits per heavy atom. The van der Waals surface area contributed by atoms with Crippen LogP contribution >= 0.6 is 0 Å². The Hall–Kier alpha value is -1.83. The lowest BCUT2D eigenvalue weighted by Gasteiger charge is -1.92. The van der Waals surface area contributed by atoms with E-state index in [9.17, 15) is 0 Å². The van der Waals surface area contributed by atoms with Crippen molar-refractivity contribution in [1.82, 2.24) is 9.97 Å². The number of H-pyrrole nitrogens is 1. The number of benzene rings is 1. The maximum atomic E-state index is 4.26. The minimum atomic E-state index is 1.04. The molecule has 2 heterocycles. The number of hydrogen-bond donors (Lipinski definition) is 1. The first-order chi connectivity index (χ1) is 6.86. The fraction of sp³-hybridized carbons (Fsp3) is 0.0833. The van der Waals surface area contributed by atoms with Crippen LogP contribution in [0.3, 0.4) is 0 Å². The Bertz CT molecular complexity index is 608. The van der Waals surface area contributed by atoms with Gasteiger partial charge in [0.1, 0.15) is 0 Å². The van der Waals surface area contributed by atoms with Crippen molar-refractivity contribution < 1.29 is 0 Å². The second kappa shape index (κ2) is 2.58. The molecule has 2 nitrogen and oxygen atoms in total. The summed E-state index contributed by atoms with van der Waals surface area (Å²) in [6.07, 6.45) is 1.85. The third-order valence-electron chi connectivity index (χ3n) is 2.55. The molecule has 1 aromatic carbocycles. The van der Waals surface area contributed by atoms with Crippen molar-refractivity contribution >= 4 is 21.8 Å². The Balaban J connectivity index is 2.63. The number of nitrogens with zero attached hydrogens (tertiary/aromatic N) is 1. The maximum absolute atomic E-state index is 4.26. The van der Waals surface area contributed by atoms with Crippen molar-refractivity contribution in [3.8, 4) is 0 Å². The van der Waals surface area contributed by atoms with E-state index in [1.165, 1.54) is 10.8 Å². The molecule has 0 spiro atoms. The molecule has 0 amide bonds. The van der Waals surface area contributed by atoms with Gasteiger partial charge < -0.3 is 4.98 Å². The summed E-state index contributed by atoms with van der Waals surface area (Å²) < 4.78 is 0. The molecule has 2 aromatic heterocycles. The molecule has 0 saturated carbocycles. The zero-order valence-electron chi connectivity index (χ0n) is 7.83. The van der Waals surface area contributed by atoms with E-state index in [2.05, 4.69) is 16.0 Å². The van der Waals surface area contributed by atoms with Crippen molar-refractivity contribution in [2.75, 3.05) is 0 Å². The van der Waals surface area contributed by atoms with Crippen molar-refractivity contribution in [3.63, 3.8) is 0 Å². The Kier molecular flexibility index (Phi) is 1.39. The number of aromatic amines is 1. The highest BCUT2D eigenvalue weighted by atomic mass is 14.8. The van der Waals surface area contributed by atoms with Gasteiger partial charge in [-0.25, -0.2) is 0 Å². The van der Waals surface area contributed by atoms with Crippen molar-refractivity contribution in [2.24, 2.45) is 0 Å². The molecule has 0 aliphatic rings. The average molecular weight is 181 g/mol. The molecule has 0 saturated heterocycles. The SMILES string of the molecule is Cc1nccc2c1[nH]c1cc[c]cc12. The van der Waals surface area contributed by atoms with Gasteiger partial charge in [0.25, 0.3) is 0 Å². The van der Waals surface area contributed by atoms with Crippen molar-refractivity contribution in [3.05, 3.63) is 42.2 Å². The van der Waals surface area contributed by atoms with Gasteiger partial charge >= 0.3 is 0 Å². The molecule has 14 heavy (non-hydrogen) atoms. The fourth-order valence-electron chi connectivity index (χ4n) is 1.85. The smallest absolute Gasteiger partial charge is 0.0681 e. The normalized spacial score (nSPS) is 11.2. The van der Waals surface area contributed by atoms with Gasteiger partial charge in [-0.15, -0.1) is 0 Å². The lowest BCUT2D eigenvalue weighted by Crippen LogP contribution is -1.79. The Labute approximate surface area is 81.6 Å². The Morgan fingerprint density at radius 1 is 1.29 bits per heavy atom. The quantitative estimate of drug-likeness (QED) is 0.567. The summed E-state index contributed by atoms with van der Waals surface area (Å²) in [5.74, 6) is 0. The van der Waals surface area contributed by atoms with Crippen LogP contribution in [0.25, 0.3) is 21.8 Å². The standard InChI is InChI=1S/C12H9N2/c1-8-12-10(6-7-13-8)9-4-2-3-5-11(9)14-12/h3-7,14H,1H3. The van der Waals surface area contributed by atoms with Crippen LogP contribution in [0.2, 0.25) is 0 Å². The van der Waals surface area contributed by atoms with Gasteiger partial charge in [0, 0.05) is 22.5 Å². The minimum absolute atomic E-state index is 1.04. The molecule has 3 aromatic rings. The van der Waals surface area contributed by atoms with Crippen molar-refractivity contribution in [1.29, 1.82) is 0 Å². The highest BCUT2D eigenvalue weighted by molar-refractivity contribution is 6.07. The van der Waals surface area contributed by atoms with E-state index in [1.54, 1.807) is 0 Å². The number of hydrogen-bond acceptors (Lipinski definition) is 1. The molecule has 0 aliphatic heterocycles. The summed E-state index contributed by atoms with van der Waals surface area (Å²) in [7, 11) is 0. The first-order valence-electron chi connectivity index (χ1n) is 4.59. The van der Waals surface area contributed by atoms with E-state index < -0.39 is 0 Å². The first kappa shape index (κ1) is 7.56. The van der Waals surface area contributed by atoms with E-state index in [0.717, 1.165) is 16.7 Å². The van der Waals surface area contributed by atoms with Gasteiger partial charge in [0.2, 0.25) is 0 Å². The number of nitrogens with one attached hydrogen (secondary N) is 1. The zero-order chi connectivity index (χ0) is 9.54. The molecule has 0 fully saturated rings. The van der Waals surface area contributed by atoms with Gasteiger partial charge in [-0.3, -0.25) is 4.98 Å². The highest BCUT2D eigenvalue weighted by Crippen LogP contribution is 2.25. The molecule has 0 unspecified atom stereocenters. The number of fused-ring (bicyclic) bond motifs is 3. The number of aromatic nitrogens is 2. The summed E-state index contributed by atoms with van der Waals surface area (Å²) in [6.45, 7) is 2.02. The fourth-order valence-corrected chi connectivity index (χ4v) is 1.85. The van der Waals surface area contributed by atoms with Crippen LogP contribution < -0.4 is 0 Å². The minimum Gasteiger partial charge on any atom is -0.353 e. The van der Waals surface area contributed by atoms with Crippen LogP contribution in [0.5, 0.6) is 0 Å². The summed E-state index contributed by atoms with van der Waals surface area (Å²) >= 11 is 0. The third kappa shape index (κ3) is 0.880. The van der Waals surface area contributed by atoms with Gasteiger partial charge in [-0.05, 0) is 31.2 Å². The van der Waals surface area contributed by atoms with Gasteiger partial charge in [0.15, 0.2) is 0 Å². The number of aryl methyl sites for hydroxylation is 1. The number of pyridine rings is 1. The Morgan fingerprint density at radius 2 is 2.21 bits per heavy atom. The lowest BCUT2D eigenvalue weighted by atomic mass is 10.2. The van der Waals surface area contributed by atoms with E-state index in [1.807, 2.05) is 37.4 Å². The maximum Gasteiger partial charge on any atom is 0.0681 e. The molecular weight excluding hydrogens is 172 g/mol. The zero-order valence-corrected chi connectivity index (χ0v) is 7.83. The van der Waals surface area contributed by atoms with Gasteiger partial charge in [0.05, 0.1) is 11.2 Å². The van der Waals surface area contributed by atoms with Crippen molar-refractivity contribution in [2.45, 2.75) is 6.92 Å². The van der Waals surface area contributed by atoms with Crippen LogP contribution in [0.15, 0.2) is 30.5 Å².